The maximum atomic E-state index is 13.7. The van der Waals surface area contributed by atoms with Crippen molar-refractivity contribution in [1.29, 1.82) is 0 Å². The number of nitrogens with one attached hydrogen (secondary N) is 1. The summed E-state index contributed by atoms with van der Waals surface area (Å²) in [5.74, 6) is -1.73. The van der Waals surface area contributed by atoms with E-state index in [0.717, 1.165) is 6.07 Å². The van der Waals surface area contributed by atoms with Gasteiger partial charge in [-0.2, -0.15) is 0 Å². The molecule has 0 fully saturated rings. The van der Waals surface area contributed by atoms with E-state index in [2.05, 4.69) is 20.7 Å². The third-order valence-corrected chi connectivity index (χ3v) is 4.35. The van der Waals surface area contributed by atoms with E-state index in [4.69, 9.17) is 0 Å². The first-order valence-electron chi connectivity index (χ1n) is 5.15. The zero-order valence-corrected chi connectivity index (χ0v) is 12.6. The SMILES string of the molecule is CC(C)(C)NS(=O)(=O)c1cc(F)c(CBr)cc1F. The molecule has 0 aliphatic heterocycles. The maximum absolute atomic E-state index is 13.7. The van der Waals surface area contributed by atoms with Gasteiger partial charge in [0.1, 0.15) is 16.5 Å². The van der Waals surface area contributed by atoms with Crippen LogP contribution < -0.4 is 4.72 Å². The van der Waals surface area contributed by atoms with Gasteiger partial charge in [0.2, 0.25) is 10.0 Å². The van der Waals surface area contributed by atoms with Crippen molar-refractivity contribution in [3.8, 4) is 0 Å². The topological polar surface area (TPSA) is 46.2 Å². The van der Waals surface area contributed by atoms with E-state index in [0.29, 0.717) is 6.07 Å². The molecule has 0 bridgehead atoms. The molecule has 1 N–H and O–H groups in total. The van der Waals surface area contributed by atoms with E-state index in [1.807, 2.05) is 0 Å². The fourth-order valence-electron chi connectivity index (χ4n) is 1.34. The Hall–Kier alpha value is -0.530. The van der Waals surface area contributed by atoms with Crippen LogP contribution >= 0.6 is 15.9 Å². The van der Waals surface area contributed by atoms with Crippen LogP contribution in [-0.2, 0) is 15.4 Å². The number of hydrogen-bond acceptors (Lipinski definition) is 2. The molecule has 0 heterocycles. The van der Waals surface area contributed by atoms with Crippen molar-refractivity contribution in [2.24, 2.45) is 0 Å². The predicted molar refractivity (Wildman–Crippen MR) is 69.1 cm³/mol. The third-order valence-electron chi connectivity index (χ3n) is 1.97. The number of halogens is 3. The molecule has 3 nitrogen and oxygen atoms in total. The van der Waals surface area contributed by atoms with Crippen molar-refractivity contribution in [2.45, 2.75) is 36.5 Å². The molecule has 18 heavy (non-hydrogen) atoms. The van der Waals surface area contributed by atoms with Crippen molar-refractivity contribution >= 4 is 26.0 Å². The Kier molecular flexibility index (Phi) is 4.51. The van der Waals surface area contributed by atoms with E-state index in [-0.39, 0.29) is 10.9 Å². The Morgan fingerprint density at radius 3 is 2.22 bits per heavy atom. The van der Waals surface area contributed by atoms with E-state index in [9.17, 15) is 17.2 Å². The highest BCUT2D eigenvalue weighted by Gasteiger charge is 2.26. The van der Waals surface area contributed by atoms with Gasteiger partial charge >= 0.3 is 0 Å². The Balaban J connectivity index is 3.30. The molecule has 0 aliphatic rings. The quantitative estimate of drug-likeness (QED) is 0.859. The van der Waals surface area contributed by atoms with Crippen LogP contribution in [0.3, 0.4) is 0 Å². The molecule has 0 saturated heterocycles. The first-order chi connectivity index (χ1) is 8.07. The molecule has 1 aromatic rings. The highest BCUT2D eigenvalue weighted by Crippen LogP contribution is 2.22. The van der Waals surface area contributed by atoms with Gasteiger partial charge in [-0.3, -0.25) is 0 Å². The molecule has 7 heteroatoms. The van der Waals surface area contributed by atoms with Crippen LogP contribution in [0, 0.1) is 11.6 Å². The van der Waals surface area contributed by atoms with Gasteiger partial charge in [-0.15, -0.1) is 0 Å². The Morgan fingerprint density at radius 2 is 1.78 bits per heavy atom. The lowest BCUT2D eigenvalue weighted by molar-refractivity contribution is 0.484. The normalized spacial score (nSPS) is 12.8. The molecule has 1 aromatic carbocycles. The van der Waals surface area contributed by atoms with Gasteiger partial charge in [0.05, 0.1) is 0 Å². The van der Waals surface area contributed by atoms with E-state index < -0.39 is 32.1 Å². The molecule has 0 aromatic heterocycles. The minimum atomic E-state index is -4.08. The summed E-state index contributed by atoms with van der Waals surface area (Å²) in [6.07, 6.45) is 0. The molecule has 0 saturated carbocycles. The summed E-state index contributed by atoms with van der Waals surface area (Å²) >= 11 is 2.99. The number of rotatable bonds is 3. The zero-order valence-electron chi connectivity index (χ0n) is 10.2. The Labute approximate surface area is 114 Å². The highest BCUT2D eigenvalue weighted by molar-refractivity contribution is 9.08. The van der Waals surface area contributed by atoms with Crippen LogP contribution in [0.15, 0.2) is 17.0 Å². The van der Waals surface area contributed by atoms with Crippen molar-refractivity contribution < 1.29 is 17.2 Å². The monoisotopic (exact) mass is 341 g/mol. The van der Waals surface area contributed by atoms with E-state index >= 15 is 0 Å². The van der Waals surface area contributed by atoms with Crippen LogP contribution in [-0.4, -0.2) is 14.0 Å². The molecule has 0 aliphatic carbocycles. The first kappa shape index (κ1) is 15.5. The minimum Gasteiger partial charge on any atom is -0.207 e. The number of hydrogen-bond donors (Lipinski definition) is 1. The maximum Gasteiger partial charge on any atom is 0.244 e. The third kappa shape index (κ3) is 3.73. The van der Waals surface area contributed by atoms with E-state index in [1.54, 1.807) is 20.8 Å². The fraction of sp³-hybridized carbons (Fsp3) is 0.455. The molecule has 0 unspecified atom stereocenters. The van der Waals surface area contributed by atoms with Gasteiger partial charge in [0.25, 0.3) is 0 Å². The Morgan fingerprint density at radius 1 is 1.22 bits per heavy atom. The molecular formula is C11H14BrF2NO2S. The average Bonchev–Trinajstić information content (AvgIpc) is 2.17. The number of sulfonamides is 1. The predicted octanol–water partition coefficient (Wildman–Crippen LogP) is 2.94. The second kappa shape index (κ2) is 5.22. The molecule has 1 rings (SSSR count). The lowest BCUT2D eigenvalue weighted by atomic mass is 10.1. The average molecular weight is 342 g/mol. The summed E-state index contributed by atoms with van der Waals surface area (Å²) in [6.45, 7) is 4.85. The molecule has 0 spiro atoms. The second-order valence-corrected chi connectivity index (χ2v) is 7.07. The van der Waals surface area contributed by atoms with Crippen LogP contribution in [0.25, 0.3) is 0 Å². The summed E-state index contributed by atoms with van der Waals surface area (Å²) in [5, 5.41) is 0.114. The number of benzene rings is 1. The minimum absolute atomic E-state index is 0.0715. The van der Waals surface area contributed by atoms with Crippen LogP contribution in [0.2, 0.25) is 0 Å². The van der Waals surface area contributed by atoms with Gasteiger partial charge < -0.3 is 0 Å². The molecule has 0 atom stereocenters. The summed E-state index contributed by atoms with van der Waals surface area (Å²) in [6, 6.07) is 1.57. The molecule has 0 radical (unpaired) electrons. The standard InChI is InChI=1S/C11H14BrF2NO2S/c1-11(2,3)15-18(16,17)10-5-8(13)7(6-12)4-9(10)14/h4-5,15H,6H2,1-3H3. The summed E-state index contributed by atoms with van der Waals surface area (Å²) in [5.41, 5.74) is -0.697. The van der Waals surface area contributed by atoms with Gasteiger partial charge in [-0.25, -0.2) is 21.9 Å². The molecular weight excluding hydrogens is 328 g/mol. The smallest absolute Gasteiger partial charge is 0.207 e. The molecule has 0 amide bonds. The summed E-state index contributed by atoms with van der Waals surface area (Å²) in [4.78, 5) is -0.681. The summed E-state index contributed by atoms with van der Waals surface area (Å²) in [7, 11) is -4.08. The van der Waals surface area contributed by atoms with Crippen molar-refractivity contribution in [3.63, 3.8) is 0 Å². The second-order valence-electron chi connectivity index (χ2n) is 4.86. The zero-order chi connectivity index (χ0) is 14.1. The highest BCUT2D eigenvalue weighted by atomic mass is 79.9. The van der Waals surface area contributed by atoms with Crippen LogP contribution in [0.1, 0.15) is 26.3 Å². The van der Waals surface area contributed by atoms with Crippen molar-refractivity contribution in [1.82, 2.24) is 4.72 Å². The lowest BCUT2D eigenvalue weighted by Gasteiger charge is -2.20. The van der Waals surface area contributed by atoms with Gasteiger partial charge in [-0.05, 0) is 32.9 Å². The van der Waals surface area contributed by atoms with Gasteiger partial charge in [0, 0.05) is 16.4 Å². The molecule has 102 valence electrons. The Bertz CT molecular complexity index is 553. The van der Waals surface area contributed by atoms with Crippen LogP contribution in [0.4, 0.5) is 8.78 Å². The largest absolute Gasteiger partial charge is 0.244 e. The van der Waals surface area contributed by atoms with Crippen molar-refractivity contribution in [2.75, 3.05) is 0 Å². The van der Waals surface area contributed by atoms with Crippen molar-refractivity contribution in [3.05, 3.63) is 29.3 Å². The summed E-state index contributed by atoms with van der Waals surface area (Å²) < 4.78 is 53.2. The lowest BCUT2D eigenvalue weighted by Crippen LogP contribution is -2.40. The van der Waals surface area contributed by atoms with Gasteiger partial charge in [0.15, 0.2) is 0 Å². The number of alkyl halides is 1. The van der Waals surface area contributed by atoms with Crippen LogP contribution in [0.5, 0.6) is 0 Å². The fourth-order valence-corrected chi connectivity index (χ4v) is 3.26. The van der Waals surface area contributed by atoms with Gasteiger partial charge in [-0.1, -0.05) is 15.9 Å². The van der Waals surface area contributed by atoms with E-state index in [1.165, 1.54) is 0 Å². The first-order valence-corrected chi connectivity index (χ1v) is 7.75.